The molecular weight excluding hydrogens is 330 g/mol. The maximum Gasteiger partial charge on any atom is 0.326 e. The molecule has 1 N–H and O–H groups in total. The van der Waals surface area contributed by atoms with Crippen molar-refractivity contribution in [3.63, 3.8) is 0 Å². The third-order valence-corrected chi connectivity index (χ3v) is 5.52. The van der Waals surface area contributed by atoms with Crippen LogP contribution in [-0.4, -0.2) is 44.3 Å². The third-order valence-electron chi connectivity index (χ3n) is 5.52. The molecule has 2 aromatic rings. The van der Waals surface area contributed by atoms with Crippen molar-refractivity contribution in [2.45, 2.75) is 51.5 Å². The van der Waals surface area contributed by atoms with E-state index in [1.807, 2.05) is 16.8 Å². The van der Waals surface area contributed by atoms with Gasteiger partial charge >= 0.3 is 5.97 Å². The van der Waals surface area contributed by atoms with Crippen LogP contribution < -0.4 is 0 Å². The second-order valence-corrected chi connectivity index (χ2v) is 7.05. The summed E-state index contributed by atoms with van der Waals surface area (Å²) >= 11 is 0. The lowest BCUT2D eigenvalue weighted by Gasteiger charge is -2.20. The molecule has 4 rings (SSSR count). The van der Waals surface area contributed by atoms with E-state index in [1.165, 1.54) is 10.5 Å². The Labute approximate surface area is 152 Å². The lowest BCUT2D eigenvalue weighted by molar-refractivity contribution is -0.141. The smallest absolute Gasteiger partial charge is 0.326 e. The number of carboxylic acid groups (broad SMARTS) is 1. The summed E-state index contributed by atoms with van der Waals surface area (Å²) in [7, 11) is 0. The van der Waals surface area contributed by atoms with Crippen molar-refractivity contribution in [3.8, 4) is 5.69 Å². The van der Waals surface area contributed by atoms with Crippen LogP contribution >= 0.6 is 0 Å². The quantitative estimate of drug-likeness (QED) is 0.917. The first kappa shape index (κ1) is 16.8. The highest BCUT2D eigenvalue weighted by Crippen LogP contribution is 2.30. The average molecular weight is 353 g/mol. The van der Waals surface area contributed by atoms with E-state index in [4.69, 9.17) is 0 Å². The molecule has 0 spiro atoms. The monoisotopic (exact) mass is 353 g/mol. The fourth-order valence-electron chi connectivity index (χ4n) is 4.10. The molecule has 1 fully saturated rings. The second kappa shape index (κ2) is 6.59. The standard InChI is InChI=1S/C20H23N3O3/c1-2-13-8-10-14(11-9-13)23-16-6-3-5-15(16)18(21-23)19(24)22-12-4-7-17(22)20(25)26/h8-11,17H,2-7,12H2,1H3,(H,25,26)/t17-/m0/s1. The topological polar surface area (TPSA) is 75.4 Å². The zero-order valence-corrected chi connectivity index (χ0v) is 14.9. The molecule has 1 aromatic carbocycles. The highest BCUT2D eigenvalue weighted by Gasteiger charge is 2.37. The van der Waals surface area contributed by atoms with Gasteiger partial charge in [-0.05, 0) is 56.2 Å². The van der Waals surface area contributed by atoms with E-state index in [-0.39, 0.29) is 5.91 Å². The van der Waals surface area contributed by atoms with Crippen molar-refractivity contribution in [2.75, 3.05) is 6.54 Å². The molecule has 0 saturated carbocycles. The number of carboxylic acids is 1. The minimum atomic E-state index is -0.929. The van der Waals surface area contributed by atoms with Crippen LogP contribution in [0.5, 0.6) is 0 Å². The lowest BCUT2D eigenvalue weighted by Crippen LogP contribution is -2.40. The van der Waals surface area contributed by atoms with Crippen molar-refractivity contribution >= 4 is 11.9 Å². The molecule has 0 radical (unpaired) electrons. The van der Waals surface area contributed by atoms with Gasteiger partial charge < -0.3 is 10.0 Å². The predicted octanol–water partition coefficient (Wildman–Crippen LogP) is 2.61. The zero-order chi connectivity index (χ0) is 18.3. The van der Waals surface area contributed by atoms with Gasteiger partial charge in [0.1, 0.15) is 6.04 Å². The summed E-state index contributed by atoms with van der Waals surface area (Å²) in [5.74, 6) is -1.17. The van der Waals surface area contributed by atoms with Gasteiger partial charge in [-0.3, -0.25) is 4.79 Å². The van der Waals surface area contributed by atoms with E-state index in [0.717, 1.165) is 49.0 Å². The number of fused-ring (bicyclic) bond motifs is 1. The Kier molecular flexibility index (Phi) is 4.26. The van der Waals surface area contributed by atoms with Crippen molar-refractivity contribution < 1.29 is 14.7 Å². The molecule has 1 atom stereocenters. The number of benzene rings is 1. The highest BCUT2D eigenvalue weighted by molar-refractivity contribution is 5.97. The number of aromatic nitrogens is 2. The van der Waals surface area contributed by atoms with Crippen LogP contribution in [0, 0.1) is 0 Å². The van der Waals surface area contributed by atoms with E-state index >= 15 is 0 Å². The normalized spacial score (nSPS) is 19.0. The number of aliphatic carboxylic acids is 1. The summed E-state index contributed by atoms with van der Waals surface area (Å²) in [5.41, 5.74) is 4.73. The maximum absolute atomic E-state index is 13.1. The van der Waals surface area contributed by atoms with E-state index < -0.39 is 12.0 Å². The molecule has 1 saturated heterocycles. The molecule has 1 aliphatic carbocycles. The van der Waals surface area contributed by atoms with Gasteiger partial charge in [-0.25, -0.2) is 9.48 Å². The molecular formula is C20H23N3O3. The molecule has 136 valence electrons. The van der Waals surface area contributed by atoms with Gasteiger partial charge in [0.15, 0.2) is 5.69 Å². The van der Waals surface area contributed by atoms with Gasteiger partial charge in [0.05, 0.1) is 5.69 Å². The summed E-state index contributed by atoms with van der Waals surface area (Å²) in [6.07, 6.45) is 4.95. The fraction of sp³-hybridized carbons (Fsp3) is 0.450. The van der Waals surface area contributed by atoms with Gasteiger partial charge in [-0.1, -0.05) is 19.1 Å². The fourth-order valence-corrected chi connectivity index (χ4v) is 4.10. The van der Waals surface area contributed by atoms with Crippen molar-refractivity contribution in [1.29, 1.82) is 0 Å². The number of rotatable bonds is 4. The van der Waals surface area contributed by atoms with Gasteiger partial charge in [0.2, 0.25) is 0 Å². The number of nitrogens with zero attached hydrogens (tertiary/aromatic N) is 3. The van der Waals surface area contributed by atoms with E-state index in [2.05, 4.69) is 24.2 Å². The van der Waals surface area contributed by atoms with Crippen LogP contribution in [0.3, 0.4) is 0 Å². The van der Waals surface area contributed by atoms with Crippen LogP contribution in [0.4, 0.5) is 0 Å². The number of carbonyl (C=O) groups is 2. The average Bonchev–Trinajstić information content (AvgIpc) is 3.37. The van der Waals surface area contributed by atoms with Crippen LogP contribution in [0.2, 0.25) is 0 Å². The Morgan fingerprint density at radius 3 is 2.65 bits per heavy atom. The van der Waals surface area contributed by atoms with Gasteiger partial charge in [0.25, 0.3) is 5.91 Å². The van der Waals surface area contributed by atoms with Crippen molar-refractivity contribution in [3.05, 3.63) is 46.8 Å². The van der Waals surface area contributed by atoms with E-state index in [9.17, 15) is 14.7 Å². The predicted molar refractivity (Wildman–Crippen MR) is 96.7 cm³/mol. The Morgan fingerprint density at radius 2 is 1.96 bits per heavy atom. The van der Waals surface area contributed by atoms with Crippen LogP contribution in [-0.2, 0) is 24.1 Å². The Morgan fingerprint density at radius 1 is 1.19 bits per heavy atom. The van der Waals surface area contributed by atoms with Crippen LogP contribution in [0.1, 0.15) is 53.5 Å². The molecule has 1 aromatic heterocycles. The zero-order valence-electron chi connectivity index (χ0n) is 14.9. The molecule has 0 bridgehead atoms. The number of aryl methyl sites for hydroxylation is 1. The number of carbonyl (C=O) groups excluding carboxylic acids is 1. The molecule has 26 heavy (non-hydrogen) atoms. The molecule has 2 aliphatic rings. The molecule has 1 aliphatic heterocycles. The summed E-state index contributed by atoms with van der Waals surface area (Å²) in [6.45, 7) is 2.61. The van der Waals surface area contributed by atoms with Crippen molar-refractivity contribution in [2.24, 2.45) is 0 Å². The summed E-state index contributed by atoms with van der Waals surface area (Å²) in [5, 5.41) is 14.0. The number of hydrogen-bond acceptors (Lipinski definition) is 3. The highest BCUT2D eigenvalue weighted by atomic mass is 16.4. The first-order chi connectivity index (χ1) is 12.6. The van der Waals surface area contributed by atoms with Crippen LogP contribution in [0.25, 0.3) is 5.69 Å². The SMILES string of the molecule is CCc1ccc(-n2nc(C(=O)N3CCC[C@H]3C(=O)O)c3c2CCC3)cc1. The molecule has 1 amide bonds. The number of likely N-dealkylation sites (tertiary alicyclic amines) is 1. The minimum absolute atomic E-state index is 0.239. The second-order valence-electron chi connectivity index (χ2n) is 7.05. The van der Waals surface area contributed by atoms with Gasteiger partial charge in [-0.2, -0.15) is 5.10 Å². The molecule has 0 unspecified atom stereocenters. The molecule has 2 heterocycles. The summed E-state index contributed by atoms with van der Waals surface area (Å²) < 4.78 is 1.88. The Hall–Kier alpha value is -2.63. The van der Waals surface area contributed by atoms with E-state index in [1.54, 1.807) is 0 Å². The largest absolute Gasteiger partial charge is 0.480 e. The number of hydrogen-bond donors (Lipinski definition) is 1. The minimum Gasteiger partial charge on any atom is -0.480 e. The van der Waals surface area contributed by atoms with Crippen molar-refractivity contribution in [1.82, 2.24) is 14.7 Å². The molecule has 6 heteroatoms. The first-order valence-electron chi connectivity index (χ1n) is 9.34. The molecule has 6 nitrogen and oxygen atoms in total. The first-order valence-corrected chi connectivity index (χ1v) is 9.34. The Bertz CT molecular complexity index is 854. The summed E-state index contributed by atoms with van der Waals surface area (Å²) in [4.78, 5) is 26.0. The number of amides is 1. The van der Waals surface area contributed by atoms with E-state index in [0.29, 0.717) is 18.7 Å². The lowest BCUT2D eigenvalue weighted by atomic mass is 10.1. The third kappa shape index (κ3) is 2.69. The van der Waals surface area contributed by atoms with Crippen LogP contribution in [0.15, 0.2) is 24.3 Å². The Balaban J connectivity index is 1.71. The summed E-state index contributed by atoms with van der Waals surface area (Å²) in [6, 6.07) is 7.51. The van der Waals surface area contributed by atoms with Gasteiger partial charge in [0, 0.05) is 17.8 Å². The van der Waals surface area contributed by atoms with Gasteiger partial charge in [-0.15, -0.1) is 0 Å². The maximum atomic E-state index is 13.1.